The SMILES string of the molecule is CCCCC(NC(=O)N(C)Cc1cccs1)C(=O)O. The quantitative estimate of drug-likeness (QED) is 0.808. The summed E-state index contributed by atoms with van der Waals surface area (Å²) in [6.45, 7) is 2.48. The Kier molecular flexibility index (Phi) is 6.35. The Balaban J connectivity index is 2.48. The van der Waals surface area contributed by atoms with E-state index < -0.39 is 12.0 Å². The number of nitrogens with zero attached hydrogens (tertiary/aromatic N) is 1. The van der Waals surface area contributed by atoms with E-state index in [4.69, 9.17) is 5.11 Å². The van der Waals surface area contributed by atoms with Crippen molar-refractivity contribution in [2.45, 2.75) is 38.8 Å². The van der Waals surface area contributed by atoms with Gasteiger partial charge < -0.3 is 15.3 Å². The molecule has 2 N–H and O–H groups in total. The van der Waals surface area contributed by atoms with Crippen LogP contribution in [0.25, 0.3) is 0 Å². The van der Waals surface area contributed by atoms with Crippen molar-refractivity contribution in [1.82, 2.24) is 10.2 Å². The Morgan fingerprint density at radius 2 is 2.26 bits per heavy atom. The standard InChI is InChI=1S/C13H20N2O3S/c1-3-4-7-11(12(16)17)14-13(18)15(2)9-10-6-5-8-19-10/h5-6,8,11H,3-4,7,9H2,1-2H3,(H,14,18)(H,16,17). The van der Waals surface area contributed by atoms with Crippen LogP contribution in [0.4, 0.5) is 4.79 Å². The molecule has 0 aliphatic heterocycles. The summed E-state index contributed by atoms with van der Waals surface area (Å²) < 4.78 is 0. The van der Waals surface area contributed by atoms with E-state index in [0.29, 0.717) is 13.0 Å². The van der Waals surface area contributed by atoms with E-state index in [1.165, 1.54) is 4.90 Å². The van der Waals surface area contributed by atoms with Gasteiger partial charge in [-0.25, -0.2) is 9.59 Å². The smallest absolute Gasteiger partial charge is 0.326 e. The van der Waals surface area contributed by atoms with Crippen molar-refractivity contribution in [3.8, 4) is 0 Å². The van der Waals surface area contributed by atoms with Crippen molar-refractivity contribution >= 4 is 23.3 Å². The van der Waals surface area contributed by atoms with E-state index in [-0.39, 0.29) is 6.03 Å². The molecule has 1 rings (SSSR count). The van der Waals surface area contributed by atoms with E-state index in [1.807, 2.05) is 24.4 Å². The lowest BCUT2D eigenvalue weighted by molar-refractivity contribution is -0.139. The molecule has 0 fully saturated rings. The van der Waals surface area contributed by atoms with Crippen LogP contribution >= 0.6 is 11.3 Å². The van der Waals surface area contributed by atoms with Gasteiger partial charge in [0.2, 0.25) is 0 Å². The van der Waals surface area contributed by atoms with Crippen LogP contribution in [0.5, 0.6) is 0 Å². The molecule has 0 saturated heterocycles. The first-order chi connectivity index (χ1) is 9.04. The van der Waals surface area contributed by atoms with Crippen molar-refractivity contribution in [3.63, 3.8) is 0 Å². The molecule has 1 unspecified atom stereocenters. The monoisotopic (exact) mass is 284 g/mol. The number of nitrogens with one attached hydrogen (secondary N) is 1. The highest BCUT2D eigenvalue weighted by Crippen LogP contribution is 2.11. The van der Waals surface area contributed by atoms with Crippen LogP contribution in [0, 0.1) is 0 Å². The maximum Gasteiger partial charge on any atom is 0.326 e. The van der Waals surface area contributed by atoms with E-state index in [9.17, 15) is 9.59 Å². The van der Waals surface area contributed by atoms with Gasteiger partial charge in [-0.15, -0.1) is 11.3 Å². The van der Waals surface area contributed by atoms with Crippen LogP contribution in [-0.2, 0) is 11.3 Å². The third-order valence-electron chi connectivity index (χ3n) is 2.76. The molecule has 106 valence electrons. The lowest BCUT2D eigenvalue weighted by atomic mass is 10.1. The predicted octanol–water partition coefficient (Wildman–Crippen LogP) is 2.53. The average molecular weight is 284 g/mol. The molecule has 1 aromatic rings. The third-order valence-corrected chi connectivity index (χ3v) is 3.62. The summed E-state index contributed by atoms with van der Waals surface area (Å²) in [6, 6.07) is 2.71. The first kappa shape index (κ1) is 15.5. The molecular formula is C13H20N2O3S. The van der Waals surface area contributed by atoms with Gasteiger partial charge in [0.25, 0.3) is 0 Å². The minimum Gasteiger partial charge on any atom is -0.480 e. The Bertz CT molecular complexity index is 406. The molecule has 19 heavy (non-hydrogen) atoms. The number of carbonyl (C=O) groups is 2. The molecule has 0 bridgehead atoms. The minimum atomic E-state index is -0.980. The van der Waals surface area contributed by atoms with Crippen LogP contribution in [0.1, 0.15) is 31.1 Å². The summed E-state index contributed by atoms with van der Waals surface area (Å²) in [4.78, 5) is 25.5. The maximum absolute atomic E-state index is 11.9. The fourth-order valence-corrected chi connectivity index (χ4v) is 2.39. The van der Waals surface area contributed by atoms with E-state index >= 15 is 0 Å². The number of unbranched alkanes of at least 4 members (excludes halogenated alkanes) is 1. The zero-order chi connectivity index (χ0) is 14.3. The fourth-order valence-electron chi connectivity index (χ4n) is 1.63. The van der Waals surface area contributed by atoms with Crippen molar-refractivity contribution in [2.24, 2.45) is 0 Å². The number of carbonyl (C=O) groups excluding carboxylic acids is 1. The number of carboxylic acid groups (broad SMARTS) is 1. The molecule has 1 atom stereocenters. The highest BCUT2D eigenvalue weighted by Gasteiger charge is 2.21. The summed E-state index contributed by atoms with van der Waals surface area (Å²) >= 11 is 1.57. The number of rotatable bonds is 7. The molecule has 0 spiro atoms. The summed E-state index contributed by atoms with van der Waals surface area (Å²) in [5, 5.41) is 13.6. The Morgan fingerprint density at radius 3 is 2.79 bits per heavy atom. The Labute approximate surface area is 117 Å². The van der Waals surface area contributed by atoms with Gasteiger partial charge in [-0.1, -0.05) is 25.8 Å². The van der Waals surface area contributed by atoms with Gasteiger partial charge >= 0.3 is 12.0 Å². The summed E-state index contributed by atoms with van der Waals surface area (Å²) in [7, 11) is 1.66. The molecule has 1 aromatic heterocycles. The van der Waals surface area contributed by atoms with Crippen LogP contribution in [-0.4, -0.2) is 35.1 Å². The first-order valence-corrected chi connectivity index (χ1v) is 7.19. The molecule has 0 aliphatic carbocycles. The number of thiophene rings is 1. The molecule has 6 heteroatoms. The van der Waals surface area contributed by atoms with Crippen molar-refractivity contribution in [1.29, 1.82) is 0 Å². The van der Waals surface area contributed by atoms with Gasteiger partial charge in [0.15, 0.2) is 0 Å². The molecular weight excluding hydrogens is 264 g/mol. The van der Waals surface area contributed by atoms with Crippen molar-refractivity contribution < 1.29 is 14.7 Å². The third kappa shape index (κ3) is 5.30. The number of hydrogen-bond donors (Lipinski definition) is 2. The summed E-state index contributed by atoms with van der Waals surface area (Å²) in [5.74, 6) is -0.980. The predicted molar refractivity (Wildman–Crippen MR) is 75.3 cm³/mol. The molecule has 0 saturated carbocycles. The van der Waals surface area contributed by atoms with Gasteiger partial charge in [-0.2, -0.15) is 0 Å². The number of aliphatic carboxylic acids is 1. The van der Waals surface area contributed by atoms with Crippen LogP contribution in [0.3, 0.4) is 0 Å². The van der Waals surface area contributed by atoms with Crippen molar-refractivity contribution in [2.75, 3.05) is 7.05 Å². The van der Waals surface area contributed by atoms with Gasteiger partial charge in [0.1, 0.15) is 6.04 Å². The number of amides is 2. The topological polar surface area (TPSA) is 69.6 Å². The van der Waals surface area contributed by atoms with Gasteiger partial charge in [-0.05, 0) is 17.9 Å². The highest BCUT2D eigenvalue weighted by atomic mass is 32.1. The number of hydrogen-bond acceptors (Lipinski definition) is 3. The zero-order valence-corrected chi connectivity index (χ0v) is 12.1. The first-order valence-electron chi connectivity index (χ1n) is 6.31. The summed E-state index contributed by atoms with van der Waals surface area (Å²) in [6.07, 6.45) is 2.15. The fraction of sp³-hybridized carbons (Fsp3) is 0.538. The van der Waals surface area contributed by atoms with Gasteiger partial charge in [-0.3, -0.25) is 0 Å². The van der Waals surface area contributed by atoms with E-state index in [2.05, 4.69) is 5.32 Å². The average Bonchev–Trinajstić information content (AvgIpc) is 2.86. The van der Waals surface area contributed by atoms with Crippen molar-refractivity contribution in [3.05, 3.63) is 22.4 Å². The molecule has 2 amide bonds. The van der Waals surface area contributed by atoms with Crippen LogP contribution < -0.4 is 5.32 Å². The number of carboxylic acids is 1. The van der Waals surface area contributed by atoms with Gasteiger partial charge in [0.05, 0.1) is 6.54 Å². The lowest BCUT2D eigenvalue weighted by Crippen LogP contribution is -2.46. The van der Waals surface area contributed by atoms with E-state index in [1.54, 1.807) is 18.4 Å². The Hall–Kier alpha value is -1.56. The molecule has 5 nitrogen and oxygen atoms in total. The summed E-state index contributed by atoms with van der Waals surface area (Å²) in [5.41, 5.74) is 0. The number of urea groups is 1. The molecule has 0 radical (unpaired) electrons. The second-order valence-corrected chi connectivity index (χ2v) is 5.45. The molecule has 1 heterocycles. The van der Waals surface area contributed by atoms with Crippen LogP contribution in [0.15, 0.2) is 17.5 Å². The molecule has 0 aliphatic rings. The lowest BCUT2D eigenvalue weighted by Gasteiger charge is -2.20. The maximum atomic E-state index is 11.9. The second kappa shape index (κ2) is 7.78. The minimum absolute atomic E-state index is 0.350. The normalized spacial score (nSPS) is 11.9. The van der Waals surface area contributed by atoms with Crippen LogP contribution in [0.2, 0.25) is 0 Å². The zero-order valence-electron chi connectivity index (χ0n) is 11.3. The van der Waals surface area contributed by atoms with Gasteiger partial charge in [0, 0.05) is 11.9 Å². The molecule has 0 aromatic carbocycles. The van der Waals surface area contributed by atoms with E-state index in [0.717, 1.165) is 17.7 Å². The second-order valence-electron chi connectivity index (χ2n) is 4.42. The largest absolute Gasteiger partial charge is 0.480 e. The Morgan fingerprint density at radius 1 is 1.53 bits per heavy atom. The highest BCUT2D eigenvalue weighted by molar-refractivity contribution is 7.09.